The Labute approximate surface area is 76.4 Å². The molecule has 2 rings (SSSR count). The van der Waals surface area contributed by atoms with Crippen LogP contribution in [0.25, 0.3) is 0 Å². The van der Waals surface area contributed by atoms with Gasteiger partial charge in [-0.2, -0.15) is 0 Å². The van der Waals surface area contributed by atoms with E-state index >= 15 is 0 Å². The van der Waals surface area contributed by atoms with E-state index in [0.29, 0.717) is 5.92 Å². The van der Waals surface area contributed by atoms with Crippen molar-refractivity contribution in [2.45, 2.75) is 18.8 Å². The predicted octanol–water partition coefficient (Wildman–Crippen LogP) is 3.03. The lowest BCUT2D eigenvalue weighted by atomic mass is 10.1. The number of aldehydes is 1. The first-order valence-electron chi connectivity index (χ1n) is 4.06. The molecule has 62 valence electrons. The maximum Gasteiger partial charge on any atom is 0.150 e. The number of hydrogen-bond acceptors (Lipinski definition) is 1. The highest BCUT2D eigenvalue weighted by molar-refractivity contribution is 6.31. The van der Waals surface area contributed by atoms with Gasteiger partial charge in [0.2, 0.25) is 0 Å². The third kappa shape index (κ3) is 1.37. The van der Waals surface area contributed by atoms with Crippen molar-refractivity contribution in [3.63, 3.8) is 0 Å². The van der Waals surface area contributed by atoms with Gasteiger partial charge in [-0.3, -0.25) is 4.79 Å². The summed E-state index contributed by atoms with van der Waals surface area (Å²) >= 11 is 5.97. The van der Waals surface area contributed by atoms with Crippen molar-refractivity contribution in [3.8, 4) is 0 Å². The molecule has 0 amide bonds. The van der Waals surface area contributed by atoms with Crippen LogP contribution in [0.15, 0.2) is 18.2 Å². The van der Waals surface area contributed by atoms with Crippen LogP contribution in [0.5, 0.6) is 0 Å². The van der Waals surface area contributed by atoms with Gasteiger partial charge in [0.25, 0.3) is 0 Å². The van der Waals surface area contributed by atoms with Gasteiger partial charge in [-0.05, 0) is 36.5 Å². The van der Waals surface area contributed by atoms with E-state index in [9.17, 15) is 4.79 Å². The molecule has 1 nitrogen and oxygen atoms in total. The Morgan fingerprint density at radius 2 is 2.17 bits per heavy atom. The summed E-state index contributed by atoms with van der Waals surface area (Å²) in [5.74, 6) is 0.609. The Hall–Kier alpha value is -0.820. The van der Waals surface area contributed by atoms with E-state index in [2.05, 4.69) is 0 Å². The Bertz CT molecular complexity index is 316. The standard InChI is InChI=1S/C10H9ClO/c11-10-4-1-7(6-12)5-9(10)8-2-3-8/h1,4-6,8H,2-3H2. The van der Waals surface area contributed by atoms with Gasteiger partial charge in [0.15, 0.2) is 0 Å². The normalized spacial score (nSPS) is 16.1. The molecule has 12 heavy (non-hydrogen) atoms. The minimum Gasteiger partial charge on any atom is -0.298 e. The summed E-state index contributed by atoms with van der Waals surface area (Å²) in [5.41, 5.74) is 1.86. The van der Waals surface area contributed by atoms with E-state index in [-0.39, 0.29) is 0 Å². The van der Waals surface area contributed by atoms with Crippen LogP contribution in [0, 0.1) is 0 Å². The molecule has 1 saturated carbocycles. The summed E-state index contributed by atoms with van der Waals surface area (Å²) in [5, 5.41) is 0.795. The third-order valence-electron chi connectivity index (χ3n) is 2.17. The van der Waals surface area contributed by atoms with E-state index in [1.807, 2.05) is 6.07 Å². The zero-order valence-electron chi connectivity index (χ0n) is 6.59. The minimum absolute atomic E-state index is 0.609. The Morgan fingerprint density at radius 3 is 2.75 bits per heavy atom. The molecule has 0 aromatic heterocycles. The van der Waals surface area contributed by atoms with Gasteiger partial charge in [0.1, 0.15) is 6.29 Å². The smallest absolute Gasteiger partial charge is 0.150 e. The molecule has 0 radical (unpaired) electrons. The molecular weight excluding hydrogens is 172 g/mol. The first-order valence-corrected chi connectivity index (χ1v) is 4.43. The molecule has 0 heterocycles. The summed E-state index contributed by atoms with van der Waals surface area (Å²) in [6.07, 6.45) is 3.28. The zero-order valence-corrected chi connectivity index (χ0v) is 7.34. The van der Waals surface area contributed by atoms with Crippen molar-refractivity contribution >= 4 is 17.9 Å². The molecule has 1 aliphatic rings. The zero-order chi connectivity index (χ0) is 8.55. The van der Waals surface area contributed by atoms with Crippen molar-refractivity contribution in [3.05, 3.63) is 34.3 Å². The molecule has 0 atom stereocenters. The first kappa shape index (κ1) is 7.81. The van der Waals surface area contributed by atoms with Gasteiger partial charge in [-0.15, -0.1) is 0 Å². The second-order valence-corrected chi connectivity index (χ2v) is 3.58. The van der Waals surface area contributed by atoms with E-state index in [4.69, 9.17) is 11.6 Å². The van der Waals surface area contributed by atoms with E-state index in [1.54, 1.807) is 12.1 Å². The molecule has 0 saturated heterocycles. The molecule has 1 aliphatic carbocycles. The number of benzene rings is 1. The summed E-state index contributed by atoms with van der Waals surface area (Å²) < 4.78 is 0. The van der Waals surface area contributed by atoms with Crippen molar-refractivity contribution in [2.24, 2.45) is 0 Å². The molecular formula is C10H9ClO. The van der Waals surface area contributed by atoms with Gasteiger partial charge >= 0.3 is 0 Å². The van der Waals surface area contributed by atoms with Crippen LogP contribution in [0.3, 0.4) is 0 Å². The monoisotopic (exact) mass is 180 g/mol. The van der Waals surface area contributed by atoms with Crippen molar-refractivity contribution in [2.75, 3.05) is 0 Å². The second-order valence-electron chi connectivity index (χ2n) is 3.17. The van der Waals surface area contributed by atoms with Crippen LogP contribution in [0.2, 0.25) is 5.02 Å². The van der Waals surface area contributed by atoms with Crippen LogP contribution in [-0.4, -0.2) is 6.29 Å². The highest BCUT2D eigenvalue weighted by Gasteiger charge is 2.25. The maximum atomic E-state index is 10.5. The lowest BCUT2D eigenvalue weighted by molar-refractivity contribution is 0.112. The highest BCUT2D eigenvalue weighted by Crippen LogP contribution is 2.43. The van der Waals surface area contributed by atoms with Crippen molar-refractivity contribution in [1.29, 1.82) is 0 Å². The van der Waals surface area contributed by atoms with E-state index in [0.717, 1.165) is 22.4 Å². The molecule has 0 bridgehead atoms. The van der Waals surface area contributed by atoms with Crippen LogP contribution < -0.4 is 0 Å². The summed E-state index contributed by atoms with van der Waals surface area (Å²) in [4.78, 5) is 10.5. The van der Waals surface area contributed by atoms with Crippen molar-refractivity contribution < 1.29 is 4.79 Å². The topological polar surface area (TPSA) is 17.1 Å². The van der Waals surface area contributed by atoms with E-state index < -0.39 is 0 Å². The Balaban J connectivity index is 2.42. The molecule has 0 unspecified atom stereocenters. The van der Waals surface area contributed by atoms with E-state index in [1.165, 1.54) is 12.8 Å². The van der Waals surface area contributed by atoms with Gasteiger partial charge < -0.3 is 0 Å². The number of hydrogen-bond donors (Lipinski definition) is 0. The summed E-state index contributed by atoms with van der Waals surface area (Å²) in [6, 6.07) is 5.45. The molecule has 0 N–H and O–H groups in total. The average molecular weight is 181 g/mol. The largest absolute Gasteiger partial charge is 0.298 e. The first-order chi connectivity index (χ1) is 5.81. The van der Waals surface area contributed by atoms with Crippen LogP contribution in [0.4, 0.5) is 0 Å². The number of carbonyl (C=O) groups excluding carboxylic acids is 1. The van der Waals surface area contributed by atoms with Gasteiger partial charge in [0, 0.05) is 10.6 Å². The fourth-order valence-corrected chi connectivity index (χ4v) is 1.61. The molecule has 0 aliphatic heterocycles. The van der Waals surface area contributed by atoms with Gasteiger partial charge in [-0.25, -0.2) is 0 Å². The lowest BCUT2D eigenvalue weighted by Crippen LogP contribution is -1.85. The predicted molar refractivity (Wildman–Crippen MR) is 48.8 cm³/mol. The molecule has 2 heteroatoms. The summed E-state index contributed by atoms with van der Waals surface area (Å²) in [7, 11) is 0. The molecule has 1 aromatic rings. The lowest BCUT2D eigenvalue weighted by Gasteiger charge is -2.01. The van der Waals surface area contributed by atoms with Crippen LogP contribution >= 0.6 is 11.6 Å². The highest BCUT2D eigenvalue weighted by atomic mass is 35.5. The fraction of sp³-hybridized carbons (Fsp3) is 0.300. The van der Waals surface area contributed by atoms with Crippen LogP contribution in [0.1, 0.15) is 34.7 Å². The minimum atomic E-state index is 0.609. The number of rotatable bonds is 2. The Morgan fingerprint density at radius 1 is 1.42 bits per heavy atom. The second kappa shape index (κ2) is 2.91. The average Bonchev–Trinajstić information content (AvgIpc) is 2.88. The molecule has 0 spiro atoms. The quantitative estimate of drug-likeness (QED) is 0.640. The fourth-order valence-electron chi connectivity index (χ4n) is 1.34. The van der Waals surface area contributed by atoms with Crippen LogP contribution in [-0.2, 0) is 0 Å². The SMILES string of the molecule is O=Cc1ccc(Cl)c(C2CC2)c1. The van der Waals surface area contributed by atoms with Gasteiger partial charge in [-0.1, -0.05) is 17.7 Å². The van der Waals surface area contributed by atoms with Crippen molar-refractivity contribution in [1.82, 2.24) is 0 Å². The summed E-state index contributed by atoms with van der Waals surface area (Å²) in [6.45, 7) is 0. The molecule has 1 fully saturated rings. The number of carbonyl (C=O) groups is 1. The molecule has 1 aromatic carbocycles. The Kier molecular flexibility index (Phi) is 1.89. The maximum absolute atomic E-state index is 10.5. The third-order valence-corrected chi connectivity index (χ3v) is 2.52. The van der Waals surface area contributed by atoms with Gasteiger partial charge in [0.05, 0.1) is 0 Å². The number of halogens is 1.